The summed E-state index contributed by atoms with van der Waals surface area (Å²) in [7, 11) is 1.58. The van der Waals surface area contributed by atoms with E-state index in [9.17, 15) is 9.59 Å². The number of methoxy groups -OCH3 is 1. The van der Waals surface area contributed by atoms with Gasteiger partial charge in [0, 0.05) is 34.5 Å². The van der Waals surface area contributed by atoms with E-state index in [2.05, 4.69) is 21.9 Å². The Hall–Kier alpha value is -3.39. The molecule has 0 saturated carbocycles. The molecular formula is C24H25N3O4S. The Morgan fingerprint density at radius 3 is 2.69 bits per heavy atom. The lowest BCUT2D eigenvalue weighted by atomic mass is 9.93. The molecule has 3 aromatic rings. The topological polar surface area (TPSA) is 92.9 Å². The molecule has 4 rings (SSSR count). The van der Waals surface area contributed by atoms with Gasteiger partial charge in [0.1, 0.15) is 11.5 Å². The molecule has 1 aliphatic carbocycles. The fourth-order valence-electron chi connectivity index (χ4n) is 3.76. The summed E-state index contributed by atoms with van der Waals surface area (Å²) in [4.78, 5) is 26.4. The van der Waals surface area contributed by atoms with E-state index in [4.69, 9.17) is 9.15 Å². The van der Waals surface area contributed by atoms with Crippen LogP contribution in [0.4, 0.5) is 0 Å². The Morgan fingerprint density at radius 1 is 1.16 bits per heavy atom. The number of hydrogen-bond donors (Lipinski definition) is 2. The highest BCUT2D eigenvalue weighted by atomic mass is 32.1. The van der Waals surface area contributed by atoms with E-state index in [1.54, 1.807) is 42.7 Å². The largest absolute Gasteiger partial charge is 0.497 e. The molecule has 166 valence electrons. The zero-order chi connectivity index (χ0) is 22.5. The second-order valence-corrected chi connectivity index (χ2v) is 8.55. The molecule has 2 aromatic heterocycles. The van der Waals surface area contributed by atoms with Gasteiger partial charge in [-0.05, 0) is 61.9 Å². The van der Waals surface area contributed by atoms with Crippen LogP contribution in [0.5, 0.6) is 5.75 Å². The molecule has 2 heterocycles. The fourth-order valence-corrected chi connectivity index (χ4v) is 4.47. The van der Waals surface area contributed by atoms with Gasteiger partial charge in [0.15, 0.2) is 5.76 Å². The molecule has 0 bridgehead atoms. The number of aryl methyl sites for hydroxylation is 1. The fraction of sp³-hybridized carbons (Fsp3) is 0.292. The van der Waals surface area contributed by atoms with Crippen molar-refractivity contribution in [1.29, 1.82) is 0 Å². The lowest BCUT2D eigenvalue weighted by Gasteiger charge is -2.13. The van der Waals surface area contributed by atoms with Gasteiger partial charge in [-0.2, -0.15) is 5.10 Å². The van der Waals surface area contributed by atoms with Gasteiger partial charge in [-0.3, -0.25) is 9.59 Å². The van der Waals surface area contributed by atoms with E-state index in [0.717, 1.165) is 41.9 Å². The molecule has 0 saturated heterocycles. The standard InChI is InChI=1S/C24H25N3O4S/c1-15-21-19(26-27-23(28)16-8-10-17(30-2)11-9-16)6-3-7-20(21)31-22(15)24(29)25-13-12-18-5-4-14-32-18/h4-5,8-11,14H,3,6-7,12-13H2,1-2H3,(H,25,29)(H,27,28)/b26-19+. The molecule has 0 spiro atoms. The van der Waals surface area contributed by atoms with Gasteiger partial charge in [-0.1, -0.05) is 6.07 Å². The number of hydrogen-bond acceptors (Lipinski definition) is 6. The van der Waals surface area contributed by atoms with Crippen LogP contribution in [0.15, 0.2) is 51.3 Å². The number of fused-ring (bicyclic) bond motifs is 1. The molecule has 1 aliphatic rings. The minimum absolute atomic E-state index is 0.227. The maximum atomic E-state index is 12.7. The highest BCUT2D eigenvalue weighted by Gasteiger charge is 2.28. The lowest BCUT2D eigenvalue weighted by molar-refractivity contribution is 0.0922. The number of rotatable bonds is 7. The van der Waals surface area contributed by atoms with Crippen molar-refractivity contribution in [2.45, 2.75) is 32.6 Å². The summed E-state index contributed by atoms with van der Waals surface area (Å²) in [5, 5.41) is 9.33. The van der Waals surface area contributed by atoms with Crippen LogP contribution < -0.4 is 15.5 Å². The van der Waals surface area contributed by atoms with Crippen molar-refractivity contribution in [3.8, 4) is 5.75 Å². The summed E-state index contributed by atoms with van der Waals surface area (Å²) in [6.07, 6.45) is 3.07. The number of hydrazone groups is 1. The van der Waals surface area contributed by atoms with Gasteiger partial charge in [0.05, 0.1) is 12.8 Å². The Labute approximate surface area is 190 Å². The van der Waals surface area contributed by atoms with Gasteiger partial charge in [-0.25, -0.2) is 5.43 Å². The monoisotopic (exact) mass is 451 g/mol. The molecule has 1 aromatic carbocycles. The summed E-state index contributed by atoms with van der Waals surface area (Å²) in [6.45, 7) is 2.41. The Kier molecular flexibility index (Phi) is 6.70. The van der Waals surface area contributed by atoms with Crippen molar-refractivity contribution in [2.75, 3.05) is 13.7 Å². The molecule has 32 heavy (non-hydrogen) atoms. The summed E-state index contributed by atoms with van der Waals surface area (Å²) in [5.74, 6) is 1.21. The first-order chi connectivity index (χ1) is 15.6. The first kappa shape index (κ1) is 21.8. The van der Waals surface area contributed by atoms with E-state index in [1.807, 2.05) is 18.4 Å². The highest BCUT2D eigenvalue weighted by molar-refractivity contribution is 7.09. The van der Waals surface area contributed by atoms with Gasteiger partial charge in [0.25, 0.3) is 11.8 Å². The molecule has 8 heteroatoms. The third kappa shape index (κ3) is 4.75. The van der Waals surface area contributed by atoms with Crippen molar-refractivity contribution in [1.82, 2.24) is 10.7 Å². The van der Waals surface area contributed by atoms with Crippen molar-refractivity contribution in [3.63, 3.8) is 0 Å². The molecule has 2 N–H and O–H groups in total. The molecule has 0 fully saturated rings. The smallest absolute Gasteiger partial charge is 0.287 e. The summed E-state index contributed by atoms with van der Waals surface area (Å²) in [5.41, 5.74) is 5.43. The number of carbonyl (C=O) groups excluding carboxylic acids is 2. The van der Waals surface area contributed by atoms with Crippen LogP contribution in [0, 0.1) is 6.92 Å². The summed E-state index contributed by atoms with van der Waals surface area (Å²) in [6, 6.07) is 10.9. The number of amides is 2. The van der Waals surface area contributed by atoms with E-state index in [1.165, 1.54) is 4.88 Å². The van der Waals surface area contributed by atoms with E-state index >= 15 is 0 Å². The third-order valence-corrected chi connectivity index (χ3v) is 6.35. The number of furan rings is 1. The normalized spacial score (nSPS) is 14.1. The maximum Gasteiger partial charge on any atom is 0.287 e. The van der Waals surface area contributed by atoms with Crippen molar-refractivity contribution in [3.05, 3.63) is 74.9 Å². The van der Waals surface area contributed by atoms with E-state index in [0.29, 0.717) is 30.0 Å². The van der Waals surface area contributed by atoms with E-state index < -0.39 is 0 Å². The number of nitrogens with zero attached hydrogens (tertiary/aromatic N) is 1. The minimum Gasteiger partial charge on any atom is -0.497 e. The van der Waals surface area contributed by atoms with Crippen LogP contribution in [0.1, 0.15) is 55.5 Å². The third-order valence-electron chi connectivity index (χ3n) is 5.41. The zero-order valence-corrected chi connectivity index (χ0v) is 18.9. The summed E-state index contributed by atoms with van der Waals surface area (Å²) < 4.78 is 11.0. The number of carbonyl (C=O) groups is 2. The molecule has 0 unspecified atom stereocenters. The Balaban J connectivity index is 1.45. The van der Waals surface area contributed by atoms with Crippen LogP contribution in [0.2, 0.25) is 0 Å². The first-order valence-electron chi connectivity index (χ1n) is 10.5. The van der Waals surface area contributed by atoms with Crippen LogP contribution in [0.25, 0.3) is 0 Å². The SMILES string of the molecule is COc1ccc(C(=O)N/N=C2\CCCc3oc(C(=O)NCCc4cccs4)c(C)c32)cc1. The predicted octanol–water partition coefficient (Wildman–Crippen LogP) is 4.10. The number of ether oxygens (including phenoxy) is 1. The van der Waals surface area contributed by atoms with Crippen LogP contribution in [-0.2, 0) is 12.8 Å². The van der Waals surface area contributed by atoms with Gasteiger partial charge in [0.2, 0.25) is 0 Å². The molecule has 7 nitrogen and oxygen atoms in total. The second kappa shape index (κ2) is 9.82. The maximum absolute atomic E-state index is 12.7. The lowest BCUT2D eigenvalue weighted by Crippen LogP contribution is -2.26. The van der Waals surface area contributed by atoms with Gasteiger partial charge < -0.3 is 14.5 Å². The second-order valence-electron chi connectivity index (χ2n) is 7.52. The Bertz CT molecular complexity index is 1130. The Morgan fingerprint density at radius 2 is 1.97 bits per heavy atom. The van der Waals surface area contributed by atoms with Gasteiger partial charge in [-0.15, -0.1) is 11.3 Å². The first-order valence-corrected chi connectivity index (χ1v) is 11.4. The summed E-state index contributed by atoms with van der Waals surface area (Å²) >= 11 is 1.67. The van der Waals surface area contributed by atoms with E-state index in [-0.39, 0.29) is 11.8 Å². The average Bonchev–Trinajstić information content (AvgIpc) is 3.45. The zero-order valence-electron chi connectivity index (χ0n) is 18.1. The molecule has 0 aliphatic heterocycles. The highest BCUT2D eigenvalue weighted by Crippen LogP contribution is 2.30. The van der Waals surface area contributed by atoms with Crippen molar-refractivity contribution < 1.29 is 18.7 Å². The molecular weight excluding hydrogens is 426 g/mol. The predicted molar refractivity (Wildman–Crippen MR) is 124 cm³/mol. The number of benzene rings is 1. The van der Waals surface area contributed by atoms with Crippen molar-refractivity contribution >= 4 is 28.9 Å². The molecule has 0 atom stereocenters. The molecule has 0 radical (unpaired) electrons. The molecule has 2 amide bonds. The van der Waals surface area contributed by atoms with Crippen LogP contribution >= 0.6 is 11.3 Å². The quantitative estimate of drug-likeness (QED) is 0.529. The van der Waals surface area contributed by atoms with Crippen LogP contribution in [0.3, 0.4) is 0 Å². The van der Waals surface area contributed by atoms with Crippen LogP contribution in [-0.4, -0.2) is 31.2 Å². The number of thiophene rings is 1. The number of nitrogens with one attached hydrogen (secondary N) is 2. The van der Waals surface area contributed by atoms with Crippen molar-refractivity contribution in [2.24, 2.45) is 5.10 Å². The minimum atomic E-state index is -0.306. The van der Waals surface area contributed by atoms with Gasteiger partial charge >= 0.3 is 0 Å². The average molecular weight is 452 g/mol.